The molecule has 4 heteroatoms. The van der Waals surface area contributed by atoms with Crippen LogP contribution in [0.15, 0.2) is 17.5 Å². The molecule has 1 aromatic heterocycles. The molecule has 17 heavy (non-hydrogen) atoms. The number of nitrogens with one attached hydrogen (secondary N) is 1. The maximum atomic E-state index is 3.65. The average Bonchev–Trinajstić information content (AvgIpc) is 2.96. The molecular weight excluding hydrogens is 248 g/mol. The van der Waals surface area contributed by atoms with Crippen LogP contribution in [0.4, 0.5) is 0 Å². The van der Waals surface area contributed by atoms with Crippen molar-refractivity contribution in [2.75, 3.05) is 38.7 Å². The van der Waals surface area contributed by atoms with Gasteiger partial charge in [0.05, 0.1) is 6.04 Å². The quantitative estimate of drug-likeness (QED) is 0.855. The summed E-state index contributed by atoms with van der Waals surface area (Å²) < 4.78 is 0. The van der Waals surface area contributed by atoms with Crippen molar-refractivity contribution in [1.82, 2.24) is 10.2 Å². The van der Waals surface area contributed by atoms with E-state index in [4.69, 9.17) is 0 Å². The fourth-order valence-corrected chi connectivity index (χ4v) is 4.39. The second kappa shape index (κ2) is 6.78. The van der Waals surface area contributed by atoms with Gasteiger partial charge in [-0.2, -0.15) is 11.8 Å². The van der Waals surface area contributed by atoms with Gasteiger partial charge in [0.2, 0.25) is 0 Å². The van der Waals surface area contributed by atoms with Crippen LogP contribution in [0.25, 0.3) is 0 Å². The predicted molar refractivity (Wildman–Crippen MR) is 79.0 cm³/mol. The van der Waals surface area contributed by atoms with Crippen LogP contribution < -0.4 is 5.32 Å². The SMILES string of the molecule is CN(C)C(CNCC1CCSC1)c1cccs1. The minimum Gasteiger partial charge on any atom is -0.314 e. The summed E-state index contributed by atoms with van der Waals surface area (Å²) in [5, 5.41) is 5.81. The Hall–Kier alpha value is -0.0300. The van der Waals surface area contributed by atoms with Gasteiger partial charge in [-0.15, -0.1) is 11.3 Å². The first-order valence-electron chi connectivity index (χ1n) is 6.25. The molecule has 2 nitrogen and oxygen atoms in total. The zero-order chi connectivity index (χ0) is 12.1. The number of thioether (sulfide) groups is 1. The Morgan fingerprint density at radius 1 is 1.53 bits per heavy atom. The van der Waals surface area contributed by atoms with Crippen molar-refractivity contribution in [2.45, 2.75) is 12.5 Å². The molecule has 1 aromatic rings. The zero-order valence-electron chi connectivity index (χ0n) is 10.7. The van der Waals surface area contributed by atoms with Crippen LogP contribution in [0.5, 0.6) is 0 Å². The molecular formula is C13H22N2S2. The fraction of sp³-hybridized carbons (Fsp3) is 0.692. The molecule has 0 aromatic carbocycles. The molecule has 2 heterocycles. The number of hydrogen-bond donors (Lipinski definition) is 1. The molecule has 1 aliphatic heterocycles. The van der Waals surface area contributed by atoms with Crippen molar-refractivity contribution >= 4 is 23.1 Å². The lowest BCUT2D eigenvalue weighted by atomic mass is 10.1. The summed E-state index contributed by atoms with van der Waals surface area (Å²) in [5.74, 6) is 3.60. The van der Waals surface area contributed by atoms with E-state index in [1.807, 2.05) is 11.3 Å². The molecule has 1 aliphatic rings. The monoisotopic (exact) mass is 270 g/mol. The van der Waals surface area contributed by atoms with Crippen molar-refractivity contribution in [2.24, 2.45) is 5.92 Å². The summed E-state index contributed by atoms with van der Waals surface area (Å²) in [6.45, 7) is 2.25. The zero-order valence-corrected chi connectivity index (χ0v) is 12.3. The van der Waals surface area contributed by atoms with Crippen LogP contribution in [0.1, 0.15) is 17.3 Å². The molecule has 0 bridgehead atoms. The normalized spacial score (nSPS) is 22.2. The number of thiophene rings is 1. The Kier molecular flexibility index (Phi) is 5.35. The number of likely N-dealkylation sites (N-methyl/N-ethyl adjacent to an activating group) is 1. The van der Waals surface area contributed by atoms with E-state index in [-0.39, 0.29) is 0 Å². The minimum atomic E-state index is 0.518. The first kappa shape index (κ1) is 13.4. The lowest BCUT2D eigenvalue weighted by Gasteiger charge is -2.24. The predicted octanol–water partition coefficient (Wildman–Crippen LogP) is 2.69. The first-order chi connectivity index (χ1) is 8.27. The lowest BCUT2D eigenvalue weighted by molar-refractivity contribution is 0.289. The highest BCUT2D eigenvalue weighted by atomic mass is 32.2. The second-order valence-corrected chi connectivity index (χ2v) is 7.01. The van der Waals surface area contributed by atoms with Crippen molar-refractivity contribution < 1.29 is 0 Å². The lowest BCUT2D eigenvalue weighted by Crippen LogP contribution is -2.33. The van der Waals surface area contributed by atoms with Crippen LogP contribution in [0.3, 0.4) is 0 Å². The third-order valence-electron chi connectivity index (χ3n) is 3.29. The number of nitrogens with zero attached hydrogens (tertiary/aromatic N) is 1. The van der Waals surface area contributed by atoms with Gasteiger partial charge >= 0.3 is 0 Å². The Balaban J connectivity index is 1.78. The van der Waals surface area contributed by atoms with E-state index >= 15 is 0 Å². The van der Waals surface area contributed by atoms with E-state index in [0.29, 0.717) is 6.04 Å². The summed E-state index contributed by atoms with van der Waals surface area (Å²) in [6.07, 6.45) is 1.39. The molecule has 0 radical (unpaired) electrons. The molecule has 1 fully saturated rings. The molecule has 0 spiro atoms. The van der Waals surface area contributed by atoms with Crippen LogP contribution >= 0.6 is 23.1 Å². The smallest absolute Gasteiger partial charge is 0.0561 e. The van der Waals surface area contributed by atoms with Crippen LogP contribution in [0.2, 0.25) is 0 Å². The molecule has 1 N–H and O–H groups in total. The Morgan fingerprint density at radius 3 is 3.00 bits per heavy atom. The average molecular weight is 270 g/mol. The standard InChI is InChI=1S/C13H22N2S2/c1-15(2)12(13-4-3-6-17-13)9-14-8-11-5-7-16-10-11/h3-4,6,11-12,14H,5,7-10H2,1-2H3. The largest absolute Gasteiger partial charge is 0.314 e. The molecule has 0 saturated carbocycles. The van der Waals surface area contributed by atoms with Gasteiger partial charge in [-0.1, -0.05) is 6.07 Å². The third-order valence-corrected chi connectivity index (χ3v) is 5.49. The van der Waals surface area contributed by atoms with Gasteiger partial charge in [0.1, 0.15) is 0 Å². The van der Waals surface area contributed by atoms with Crippen LogP contribution in [-0.2, 0) is 0 Å². The molecule has 0 aliphatic carbocycles. The van der Waals surface area contributed by atoms with Gasteiger partial charge in [0.25, 0.3) is 0 Å². The van der Waals surface area contributed by atoms with E-state index in [2.05, 4.69) is 53.6 Å². The fourth-order valence-electron chi connectivity index (χ4n) is 2.19. The summed E-state index contributed by atoms with van der Waals surface area (Å²) in [5.41, 5.74) is 0. The van der Waals surface area contributed by atoms with Crippen LogP contribution in [-0.4, -0.2) is 43.6 Å². The van der Waals surface area contributed by atoms with Gasteiger partial charge in [-0.3, -0.25) is 0 Å². The molecule has 1 saturated heterocycles. The molecule has 2 atom stereocenters. The van der Waals surface area contributed by atoms with Gasteiger partial charge in [0, 0.05) is 11.4 Å². The van der Waals surface area contributed by atoms with Crippen molar-refractivity contribution in [3.63, 3.8) is 0 Å². The maximum absolute atomic E-state index is 3.65. The van der Waals surface area contributed by atoms with Crippen LogP contribution in [0, 0.1) is 5.92 Å². The maximum Gasteiger partial charge on any atom is 0.0561 e. The topological polar surface area (TPSA) is 15.3 Å². The van der Waals surface area contributed by atoms with Crippen molar-refractivity contribution in [3.8, 4) is 0 Å². The summed E-state index contributed by atoms with van der Waals surface area (Å²) in [4.78, 5) is 3.77. The number of hydrogen-bond acceptors (Lipinski definition) is 4. The summed E-state index contributed by atoms with van der Waals surface area (Å²) in [6, 6.07) is 4.90. The second-order valence-electron chi connectivity index (χ2n) is 4.88. The summed E-state index contributed by atoms with van der Waals surface area (Å²) >= 11 is 3.95. The van der Waals surface area contributed by atoms with Gasteiger partial charge in [0.15, 0.2) is 0 Å². The Labute approximate surface area is 113 Å². The number of rotatable bonds is 6. The van der Waals surface area contributed by atoms with Gasteiger partial charge in [-0.25, -0.2) is 0 Å². The Bertz CT molecular complexity index is 305. The minimum absolute atomic E-state index is 0.518. The molecule has 2 unspecified atom stereocenters. The van der Waals surface area contributed by atoms with Crippen molar-refractivity contribution in [3.05, 3.63) is 22.4 Å². The molecule has 96 valence electrons. The van der Waals surface area contributed by atoms with Crippen molar-refractivity contribution in [1.29, 1.82) is 0 Å². The van der Waals surface area contributed by atoms with E-state index in [9.17, 15) is 0 Å². The van der Waals surface area contributed by atoms with E-state index in [1.54, 1.807) is 0 Å². The highest BCUT2D eigenvalue weighted by molar-refractivity contribution is 7.99. The third kappa shape index (κ3) is 3.98. The summed E-state index contributed by atoms with van der Waals surface area (Å²) in [7, 11) is 4.33. The first-order valence-corrected chi connectivity index (χ1v) is 8.29. The van der Waals surface area contributed by atoms with E-state index in [0.717, 1.165) is 12.5 Å². The Morgan fingerprint density at radius 2 is 2.41 bits per heavy atom. The highest BCUT2D eigenvalue weighted by Crippen LogP contribution is 2.24. The van der Waals surface area contributed by atoms with E-state index < -0.39 is 0 Å². The molecule has 0 amide bonds. The van der Waals surface area contributed by atoms with E-state index in [1.165, 1.54) is 29.3 Å². The highest BCUT2D eigenvalue weighted by Gasteiger charge is 2.18. The van der Waals surface area contributed by atoms with Gasteiger partial charge < -0.3 is 10.2 Å². The van der Waals surface area contributed by atoms with Gasteiger partial charge in [-0.05, 0) is 55.9 Å². The molecule has 2 rings (SSSR count).